The van der Waals surface area contributed by atoms with Crippen molar-refractivity contribution in [2.45, 2.75) is 119 Å². The molecule has 0 radical (unpaired) electrons. The van der Waals surface area contributed by atoms with E-state index in [1.54, 1.807) is 32.2 Å². The first-order valence-electron chi connectivity index (χ1n) is 25.8. The summed E-state index contributed by atoms with van der Waals surface area (Å²) >= 11 is 6.75. The van der Waals surface area contributed by atoms with Crippen LogP contribution in [0.5, 0.6) is 5.75 Å². The molecule has 3 saturated heterocycles. The van der Waals surface area contributed by atoms with Crippen molar-refractivity contribution in [3.63, 3.8) is 0 Å². The fraction of sp³-hybridized carbons (Fsp3) is 0.667. The summed E-state index contributed by atoms with van der Waals surface area (Å²) in [7, 11) is 5.67. The van der Waals surface area contributed by atoms with E-state index in [9.17, 15) is 48.9 Å². The van der Waals surface area contributed by atoms with Gasteiger partial charge in [-0.1, -0.05) is 42.3 Å². The van der Waals surface area contributed by atoms with E-state index >= 15 is 0 Å². The molecule has 1 unspecified atom stereocenters. The SMILES string of the molecule is CNC(=O)CCOCCOCCOCCOCCNC(=O)[C@H]1CC(O)CN1C(=O)CCCC(=O)N(C)[C@@H](N)C(=O)O[C@H]1CC(=O)N(C)c2cc(cc(OC)c2Cl)C/C(C)=C/C=C/[C@@H](O)[C@@]2(O)C[C@H](OC(=O)N2)[C@@H](C)[C@@H]2O[C@@]12N. The molecule has 4 bridgehead atoms. The number of epoxide rings is 1. The number of allylic oxidation sites excluding steroid dienone is 3. The number of β-amino-alcohol motifs (C(OH)–C–C–N with tert-alkyl or cyclic N) is 1. The predicted octanol–water partition coefficient (Wildman–Crippen LogP) is -0.896. The summed E-state index contributed by atoms with van der Waals surface area (Å²) in [5.74, 6) is -4.10. The molecule has 10 N–H and O–H groups in total. The summed E-state index contributed by atoms with van der Waals surface area (Å²) in [4.78, 5) is 95.5. The Kier molecular flexibility index (Phi) is 24.0. The van der Waals surface area contributed by atoms with E-state index in [2.05, 4.69) is 16.0 Å². The Hall–Kier alpha value is -5.52. The highest BCUT2D eigenvalue weighted by Gasteiger charge is 2.65. The van der Waals surface area contributed by atoms with Gasteiger partial charge in [0.2, 0.25) is 29.5 Å². The highest BCUT2D eigenvalue weighted by molar-refractivity contribution is 6.35. The second-order valence-corrected chi connectivity index (χ2v) is 20.0. The first-order chi connectivity index (χ1) is 37.0. The van der Waals surface area contributed by atoms with Crippen molar-refractivity contribution in [3.05, 3.63) is 46.5 Å². The van der Waals surface area contributed by atoms with Gasteiger partial charge in [-0.25, -0.2) is 9.59 Å². The van der Waals surface area contributed by atoms with Gasteiger partial charge < -0.3 is 84.3 Å². The van der Waals surface area contributed by atoms with E-state index in [1.165, 1.54) is 43.2 Å². The number of rotatable bonds is 24. The number of benzene rings is 1. The number of aliphatic hydroxyl groups is 3. The number of ether oxygens (including phenoxy) is 8. The van der Waals surface area contributed by atoms with Crippen LogP contribution in [0.3, 0.4) is 0 Å². The van der Waals surface area contributed by atoms with Crippen LogP contribution in [0.25, 0.3) is 0 Å². The molecule has 4 heterocycles. The van der Waals surface area contributed by atoms with Crippen LogP contribution in [0.4, 0.5) is 10.5 Å². The quantitative estimate of drug-likeness (QED) is 0.0269. The van der Waals surface area contributed by atoms with E-state index < -0.39 is 102 Å². The summed E-state index contributed by atoms with van der Waals surface area (Å²) in [6.45, 7) is 5.89. The minimum atomic E-state index is -2.18. The molecule has 3 fully saturated rings. The van der Waals surface area contributed by atoms with Crippen LogP contribution in [0, 0.1) is 5.92 Å². The topological polar surface area (TPSA) is 355 Å². The molecule has 1 aromatic rings. The predicted molar refractivity (Wildman–Crippen MR) is 278 cm³/mol. The number of nitrogens with two attached hydrogens (primary N) is 2. The molecule has 27 heteroatoms. The van der Waals surface area contributed by atoms with Gasteiger partial charge in [0.1, 0.15) is 35.1 Å². The van der Waals surface area contributed by atoms with E-state index in [-0.39, 0.29) is 87.2 Å². The molecule has 436 valence electrons. The first-order valence-corrected chi connectivity index (χ1v) is 26.2. The molecule has 5 rings (SSSR count). The van der Waals surface area contributed by atoms with E-state index in [0.29, 0.717) is 51.6 Å². The molecule has 1 aromatic carbocycles. The molecule has 78 heavy (non-hydrogen) atoms. The standard InChI is InChI=1S/C51H77ClN8O18/c1-30-9-7-10-38(62)50(70)28-37(76-49(69)57-50)31(2)45-51(54,78-45)39(27-43(66)58(4)34-24-32(23-30)25-36(71-6)44(34)52)77-48(68)46(53)59(5)41(64)11-8-12-42(65)60-29-33(61)26-35(60)47(67)56-14-16-73-18-20-75-22-21-74-19-17-72-15-13-40(63)55-3/h7,9-10,24-25,31,33,35,37-39,45-46,61-62,70H,8,11-23,26-29,53-54H2,1-6H3,(H,55,63)(H,56,67)(H,57,69)/b10-7+,30-9+/t31-,33?,35-,37+,38-,39+,45+,46-,50+,51+/m1/s1. The molecule has 0 aliphatic carbocycles. The van der Waals surface area contributed by atoms with Gasteiger partial charge in [0.15, 0.2) is 23.7 Å². The lowest BCUT2D eigenvalue weighted by molar-refractivity contribution is -0.163. The van der Waals surface area contributed by atoms with Gasteiger partial charge in [-0.05, 0) is 37.5 Å². The monoisotopic (exact) mass is 1120 g/mol. The number of fused-ring (bicyclic) bond motifs is 5. The summed E-state index contributed by atoms with van der Waals surface area (Å²) in [5, 5.41) is 40.6. The van der Waals surface area contributed by atoms with Crippen molar-refractivity contribution in [3.8, 4) is 5.75 Å². The number of nitrogens with zero attached hydrogens (tertiary/aromatic N) is 3. The third-order valence-corrected chi connectivity index (χ3v) is 14.2. The number of amides is 6. The second kappa shape index (κ2) is 29.6. The number of anilines is 1. The van der Waals surface area contributed by atoms with E-state index in [1.807, 2.05) is 6.92 Å². The molecule has 4 aliphatic heterocycles. The number of carbonyl (C=O) groups excluding carboxylic acids is 7. The number of carbonyl (C=O) groups is 7. The molecular formula is C51H77ClN8O18. The number of hydrogen-bond acceptors (Lipinski definition) is 20. The van der Waals surface area contributed by atoms with Crippen LogP contribution in [-0.4, -0.2) is 215 Å². The zero-order valence-electron chi connectivity index (χ0n) is 45.1. The first kappa shape index (κ1) is 63.3. The Bertz CT molecular complexity index is 2330. The Morgan fingerprint density at radius 3 is 2.31 bits per heavy atom. The summed E-state index contributed by atoms with van der Waals surface area (Å²) in [5.41, 5.74) is 10.7. The van der Waals surface area contributed by atoms with Gasteiger partial charge in [0, 0.05) is 72.3 Å². The van der Waals surface area contributed by atoms with Crippen LogP contribution in [-0.2, 0) is 68.3 Å². The second-order valence-electron chi connectivity index (χ2n) is 19.6. The highest BCUT2D eigenvalue weighted by Crippen LogP contribution is 2.46. The van der Waals surface area contributed by atoms with Gasteiger partial charge in [-0.15, -0.1) is 0 Å². The number of likely N-dealkylation sites (tertiary alicyclic amines) is 1. The molecule has 0 aromatic heterocycles. The summed E-state index contributed by atoms with van der Waals surface area (Å²) < 4.78 is 44.6. The number of methoxy groups -OCH3 is 1. The largest absolute Gasteiger partial charge is 0.495 e. The Morgan fingerprint density at radius 2 is 1.65 bits per heavy atom. The maximum absolute atomic E-state index is 14.2. The smallest absolute Gasteiger partial charge is 0.409 e. The van der Waals surface area contributed by atoms with Gasteiger partial charge in [-0.3, -0.25) is 35.0 Å². The maximum atomic E-state index is 14.2. The van der Waals surface area contributed by atoms with Crippen molar-refractivity contribution >= 4 is 58.9 Å². The molecular weight excluding hydrogens is 1050 g/mol. The number of aliphatic hydroxyl groups excluding tert-OH is 2. The Labute approximate surface area is 458 Å². The maximum Gasteiger partial charge on any atom is 0.409 e. The normalized spacial score (nSPS) is 27.7. The Morgan fingerprint density at radius 1 is 1.00 bits per heavy atom. The number of esters is 1. The minimum Gasteiger partial charge on any atom is -0.495 e. The van der Waals surface area contributed by atoms with Crippen LogP contribution in [0.2, 0.25) is 5.02 Å². The molecule has 26 nitrogen and oxygen atoms in total. The zero-order chi connectivity index (χ0) is 57.3. The molecule has 0 spiro atoms. The van der Waals surface area contributed by atoms with Crippen molar-refractivity contribution in [1.29, 1.82) is 0 Å². The van der Waals surface area contributed by atoms with E-state index in [4.69, 9.17) is 61.0 Å². The summed E-state index contributed by atoms with van der Waals surface area (Å²) in [6, 6.07) is 2.41. The zero-order valence-corrected chi connectivity index (χ0v) is 45.8. The van der Waals surface area contributed by atoms with Crippen LogP contribution in [0.1, 0.15) is 64.4 Å². The number of likely N-dealkylation sites (N-methyl/N-ethyl adjacent to an activating group) is 1. The average Bonchev–Trinajstić information content (AvgIpc) is 4.08. The average molecular weight is 1130 g/mol. The highest BCUT2D eigenvalue weighted by atomic mass is 35.5. The van der Waals surface area contributed by atoms with Crippen molar-refractivity contribution in [2.75, 3.05) is 99.1 Å². The minimum absolute atomic E-state index is 0.0107. The fourth-order valence-electron chi connectivity index (χ4n) is 9.10. The fourth-order valence-corrected chi connectivity index (χ4v) is 9.41. The number of halogens is 1. The number of nitrogens with one attached hydrogen (secondary N) is 3. The van der Waals surface area contributed by atoms with Crippen LogP contribution >= 0.6 is 11.6 Å². The van der Waals surface area contributed by atoms with Crippen molar-refractivity contribution in [2.24, 2.45) is 17.4 Å². The number of hydrogen-bond donors (Lipinski definition) is 8. The third-order valence-electron chi connectivity index (χ3n) is 13.8. The van der Waals surface area contributed by atoms with Gasteiger partial charge in [0.25, 0.3) is 0 Å². The van der Waals surface area contributed by atoms with Gasteiger partial charge >= 0.3 is 12.1 Å². The van der Waals surface area contributed by atoms with Crippen molar-refractivity contribution < 1.29 is 86.8 Å². The molecule has 10 atom stereocenters. The number of alkyl carbamates (subject to hydrolysis) is 1. The lowest BCUT2D eigenvalue weighted by atomic mass is 9.86. The van der Waals surface area contributed by atoms with Gasteiger partial charge in [-0.2, -0.15) is 0 Å². The molecule has 6 amide bonds. The van der Waals surface area contributed by atoms with Crippen molar-refractivity contribution in [1.82, 2.24) is 25.8 Å². The Balaban J connectivity index is 1.14. The van der Waals surface area contributed by atoms with E-state index in [0.717, 1.165) is 10.5 Å². The lowest BCUT2D eigenvalue weighted by Crippen LogP contribution is -2.63. The third kappa shape index (κ3) is 17.5. The molecule has 4 aliphatic rings. The van der Waals surface area contributed by atoms with Gasteiger partial charge in [0.05, 0.1) is 78.2 Å². The van der Waals surface area contributed by atoms with Crippen LogP contribution < -0.4 is 37.1 Å². The summed E-state index contributed by atoms with van der Waals surface area (Å²) in [6.07, 6.45) is -5.30. The lowest BCUT2D eigenvalue weighted by Gasteiger charge is -2.41. The van der Waals surface area contributed by atoms with Crippen LogP contribution in [0.15, 0.2) is 35.9 Å². The molecule has 0 saturated carbocycles.